The van der Waals surface area contributed by atoms with E-state index in [0.717, 1.165) is 6.42 Å². The first-order valence-corrected chi connectivity index (χ1v) is 7.29. The molecule has 1 heteroatoms. The molecular weight excluding hydrogens is 230 g/mol. The van der Waals surface area contributed by atoms with Crippen LogP contribution >= 0.6 is 0 Å². The van der Waals surface area contributed by atoms with Crippen LogP contribution in [0.15, 0.2) is 54.6 Å². The summed E-state index contributed by atoms with van der Waals surface area (Å²) in [5, 5.41) is 3.61. The molecule has 1 unspecified atom stereocenters. The molecule has 0 spiro atoms. The molecule has 19 heavy (non-hydrogen) atoms. The Kier molecular flexibility index (Phi) is 3.95. The van der Waals surface area contributed by atoms with Crippen molar-refractivity contribution in [3.63, 3.8) is 0 Å². The van der Waals surface area contributed by atoms with Crippen molar-refractivity contribution in [2.75, 3.05) is 6.54 Å². The number of benzene rings is 2. The fourth-order valence-electron chi connectivity index (χ4n) is 2.85. The van der Waals surface area contributed by atoms with Gasteiger partial charge >= 0.3 is 0 Å². The van der Waals surface area contributed by atoms with Gasteiger partial charge in [-0.2, -0.15) is 0 Å². The van der Waals surface area contributed by atoms with E-state index in [1.165, 1.54) is 42.5 Å². The van der Waals surface area contributed by atoms with E-state index in [1.54, 1.807) is 0 Å². The molecule has 0 radical (unpaired) electrons. The largest absolute Gasteiger partial charge is 0.314 e. The molecular formula is C18H21N. The third-order valence-corrected chi connectivity index (χ3v) is 3.96. The third-order valence-electron chi connectivity index (χ3n) is 3.96. The Bertz CT molecular complexity index is 495. The van der Waals surface area contributed by atoms with Crippen LogP contribution in [0.5, 0.6) is 0 Å². The zero-order chi connectivity index (χ0) is 12.9. The molecule has 2 aromatic carbocycles. The highest BCUT2D eigenvalue weighted by molar-refractivity contribution is 5.63. The highest BCUT2D eigenvalue weighted by Crippen LogP contribution is 2.20. The molecule has 98 valence electrons. The van der Waals surface area contributed by atoms with E-state index in [4.69, 9.17) is 0 Å². The van der Waals surface area contributed by atoms with Crippen molar-refractivity contribution in [2.45, 2.75) is 31.7 Å². The van der Waals surface area contributed by atoms with Gasteiger partial charge in [-0.25, -0.2) is 0 Å². The van der Waals surface area contributed by atoms with Crippen molar-refractivity contribution in [2.24, 2.45) is 0 Å². The maximum absolute atomic E-state index is 3.61. The lowest BCUT2D eigenvalue weighted by molar-refractivity contribution is 0.399. The van der Waals surface area contributed by atoms with E-state index in [0.29, 0.717) is 6.04 Å². The van der Waals surface area contributed by atoms with Crippen LogP contribution < -0.4 is 5.32 Å². The van der Waals surface area contributed by atoms with Gasteiger partial charge in [0.2, 0.25) is 0 Å². The summed E-state index contributed by atoms with van der Waals surface area (Å²) in [7, 11) is 0. The standard InChI is InChI=1S/C18H21N/c1-2-6-16(7-3-1)17-11-9-15(10-12-17)14-18-8-4-5-13-19-18/h1-3,6-7,9-12,18-19H,4-5,8,13-14H2. The Labute approximate surface area is 115 Å². The maximum atomic E-state index is 3.61. The second kappa shape index (κ2) is 6.03. The Morgan fingerprint density at radius 3 is 2.26 bits per heavy atom. The predicted molar refractivity (Wildman–Crippen MR) is 81.2 cm³/mol. The quantitative estimate of drug-likeness (QED) is 0.868. The van der Waals surface area contributed by atoms with Crippen molar-refractivity contribution in [3.05, 3.63) is 60.2 Å². The number of nitrogens with one attached hydrogen (secondary N) is 1. The highest BCUT2D eigenvalue weighted by Gasteiger charge is 2.12. The number of piperidine rings is 1. The van der Waals surface area contributed by atoms with Gasteiger partial charge in [-0.1, -0.05) is 61.0 Å². The minimum absolute atomic E-state index is 0.677. The molecule has 2 aromatic rings. The number of hydrogen-bond acceptors (Lipinski definition) is 1. The summed E-state index contributed by atoms with van der Waals surface area (Å²) in [5.41, 5.74) is 4.05. The zero-order valence-corrected chi connectivity index (χ0v) is 11.3. The molecule has 0 aliphatic carbocycles. The summed E-state index contributed by atoms with van der Waals surface area (Å²) < 4.78 is 0. The minimum Gasteiger partial charge on any atom is -0.314 e. The van der Waals surface area contributed by atoms with Crippen LogP contribution in [0.25, 0.3) is 11.1 Å². The molecule has 1 saturated heterocycles. The minimum atomic E-state index is 0.677. The Morgan fingerprint density at radius 1 is 0.842 bits per heavy atom. The lowest BCUT2D eigenvalue weighted by Crippen LogP contribution is -2.35. The molecule has 0 saturated carbocycles. The number of hydrogen-bond donors (Lipinski definition) is 1. The SMILES string of the molecule is c1ccc(-c2ccc(CC3CCCCN3)cc2)cc1. The van der Waals surface area contributed by atoms with E-state index in [1.807, 2.05) is 0 Å². The Hall–Kier alpha value is -1.60. The fourth-order valence-corrected chi connectivity index (χ4v) is 2.85. The monoisotopic (exact) mass is 251 g/mol. The first-order chi connectivity index (χ1) is 9.42. The summed E-state index contributed by atoms with van der Waals surface area (Å²) in [6, 6.07) is 20.3. The van der Waals surface area contributed by atoms with Crippen LogP contribution in [0.4, 0.5) is 0 Å². The van der Waals surface area contributed by atoms with Gasteiger partial charge < -0.3 is 5.32 Å². The van der Waals surface area contributed by atoms with Crippen molar-refractivity contribution < 1.29 is 0 Å². The van der Waals surface area contributed by atoms with Crippen molar-refractivity contribution in [1.82, 2.24) is 5.32 Å². The average Bonchev–Trinajstić information content (AvgIpc) is 2.50. The van der Waals surface area contributed by atoms with E-state index >= 15 is 0 Å². The molecule has 1 fully saturated rings. The molecule has 0 aromatic heterocycles. The third kappa shape index (κ3) is 3.24. The van der Waals surface area contributed by atoms with Crippen molar-refractivity contribution in [1.29, 1.82) is 0 Å². The second-order valence-corrected chi connectivity index (χ2v) is 5.41. The van der Waals surface area contributed by atoms with E-state index < -0.39 is 0 Å². The summed E-state index contributed by atoms with van der Waals surface area (Å²) in [6.07, 6.45) is 5.19. The van der Waals surface area contributed by atoms with Gasteiger partial charge in [0.05, 0.1) is 0 Å². The van der Waals surface area contributed by atoms with Crippen LogP contribution in [0, 0.1) is 0 Å². The van der Waals surface area contributed by atoms with Crippen LogP contribution in [0.2, 0.25) is 0 Å². The van der Waals surface area contributed by atoms with Crippen molar-refractivity contribution >= 4 is 0 Å². The second-order valence-electron chi connectivity index (χ2n) is 5.41. The molecule has 1 atom stereocenters. The number of rotatable bonds is 3. The molecule has 0 amide bonds. The maximum Gasteiger partial charge on any atom is 0.0107 e. The Balaban J connectivity index is 1.68. The first-order valence-electron chi connectivity index (χ1n) is 7.29. The topological polar surface area (TPSA) is 12.0 Å². The molecule has 0 bridgehead atoms. The van der Waals surface area contributed by atoms with Gasteiger partial charge in [0.25, 0.3) is 0 Å². The van der Waals surface area contributed by atoms with Crippen LogP contribution in [-0.4, -0.2) is 12.6 Å². The summed E-state index contributed by atoms with van der Waals surface area (Å²) >= 11 is 0. The van der Waals surface area contributed by atoms with Gasteiger partial charge in [0.1, 0.15) is 0 Å². The normalized spacial score (nSPS) is 19.3. The fraction of sp³-hybridized carbons (Fsp3) is 0.333. The van der Waals surface area contributed by atoms with E-state index in [-0.39, 0.29) is 0 Å². The zero-order valence-electron chi connectivity index (χ0n) is 11.3. The van der Waals surface area contributed by atoms with Gasteiger partial charge in [-0.3, -0.25) is 0 Å². The summed E-state index contributed by atoms with van der Waals surface area (Å²) in [6.45, 7) is 1.19. The van der Waals surface area contributed by atoms with Crippen molar-refractivity contribution in [3.8, 4) is 11.1 Å². The van der Waals surface area contributed by atoms with E-state index in [2.05, 4.69) is 59.9 Å². The van der Waals surface area contributed by atoms with Crippen LogP contribution in [0.1, 0.15) is 24.8 Å². The van der Waals surface area contributed by atoms with Gasteiger partial charge in [-0.15, -0.1) is 0 Å². The average molecular weight is 251 g/mol. The van der Waals surface area contributed by atoms with Crippen LogP contribution in [-0.2, 0) is 6.42 Å². The lowest BCUT2D eigenvalue weighted by atomic mass is 9.96. The molecule has 1 heterocycles. The molecule has 1 N–H and O–H groups in total. The predicted octanol–water partition coefficient (Wildman–Crippen LogP) is 4.04. The van der Waals surface area contributed by atoms with E-state index in [9.17, 15) is 0 Å². The van der Waals surface area contributed by atoms with Gasteiger partial charge in [0, 0.05) is 6.04 Å². The smallest absolute Gasteiger partial charge is 0.0107 e. The molecule has 1 aliphatic rings. The Morgan fingerprint density at radius 2 is 1.58 bits per heavy atom. The summed E-state index contributed by atoms with van der Waals surface area (Å²) in [4.78, 5) is 0. The van der Waals surface area contributed by atoms with Crippen LogP contribution in [0.3, 0.4) is 0 Å². The molecule has 1 aliphatic heterocycles. The highest BCUT2D eigenvalue weighted by atomic mass is 14.9. The lowest BCUT2D eigenvalue weighted by Gasteiger charge is -2.23. The van der Waals surface area contributed by atoms with Gasteiger partial charge in [-0.05, 0) is 42.5 Å². The summed E-state index contributed by atoms with van der Waals surface area (Å²) in [5.74, 6) is 0. The van der Waals surface area contributed by atoms with Gasteiger partial charge in [0.15, 0.2) is 0 Å². The molecule has 3 rings (SSSR count). The molecule has 1 nitrogen and oxygen atoms in total. The first kappa shape index (κ1) is 12.4.